The Morgan fingerprint density at radius 3 is 2.07 bits per heavy atom. The number of esters is 1. The van der Waals surface area contributed by atoms with Gasteiger partial charge in [0.25, 0.3) is 0 Å². The number of carbonyl (C=O) groups excluding carboxylic acids is 1. The molecule has 7 heteroatoms. The normalized spacial score (nSPS) is 26.6. The molecular weight excluding hydrogens is 358 g/mol. The van der Waals surface area contributed by atoms with E-state index in [1.165, 1.54) is 17.1 Å². The summed E-state index contributed by atoms with van der Waals surface area (Å²) < 4.78 is 9.71. The third-order valence-corrected chi connectivity index (χ3v) is 6.24. The molecule has 0 saturated carbocycles. The van der Waals surface area contributed by atoms with Gasteiger partial charge >= 0.3 is 17.3 Å². The summed E-state index contributed by atoms with van der Waals surface area (Å²) in [5.41, 5.74) is 2.27. The standard InChI is InChI=1S/C21H21N3O4/c1-3-14-15(11-28-12(2)25)19-17-10-9-16(18(14)19)23-20(26)22(21(27)24(17)23)13-7-5-4-6-8-13/h4-10,16-19H,3,11H2,1-2H3/t16-,17+,18+,19-/m0/s1. The van der Waals surface area contributed by atoms with Crippen molar-refractivity contribution in [3.05, 3.63) is 74.6 Å². The highest BCUT2D eigenvalue weighted by Gasteiger charge is 2.55. The maximum Gasteiger partial charge on any atom is 0.352 e. The third-order valence-electron chi connectivity index (χ3n) is 6.24. The van der Waals surface area contributed by atoms with Gasteiger partial charge in [0.1, 0.15) is 6.61 Å². The van der Waals surface area contributed by atoms with Gasteiger partial charge in [0.2, 0.25) is 0 Å². The zero-order valence-corrected chi connectivity index (χ0v) is 15.7. The lowest BCUT2D eigenvalue weighted by Crippen LogP contribution is -2.54. The van der Waals surface area contributed by atoms with Crippen LogP contribution in [0, 0.1) is 11.8 Å². The predicted octanol–water partition coefficient (Wildman–Crippen LogP) is 1.98. The van der Waals surface area contributed by atoms with Crippen LogP contribution in [0.1, 0.15) is 32.4 Å². The molecule has 1 aromatic heterocycles. The van der Waals surface area contributed by atoms with Crippen molar-refractivity contribution < 1.29 is 9.53 Å². The molecule has 2 aromatic rings. The number of rotatable bonds is 4. The molecule has 0 amide bonds. The molecule has 0 saturated heterocycles. The van der Waals surface area contributed by atoms with Crippen molar-refractivity contribution in [3.63, 3.8) is 0 Å². The summed E-state index contributed by atoms with van der Waals surface area (Å²) in [6, 6.07) is 8.59. The largest absolute Gasteiger partial charge is 0.461 e. The first kappa shape index (κ1) is 17.0. The predicted molar refractivity (Wildman–Crippen MR) is 102 cm³/mol. The van der Waals surface area contributed by atoms with Gasteiger partial charge < -0.3 is 4.74 Å². The van der Waals surface area contributed by atoms with Crippen LogP contribution in [0.5, 0.6) is 0 Å². The molecule has 2 bridgehead atoms. The molecule has 7 nitrogen and oxygen atoms in total. The lowest BCUT2D eigenvalue weighted by atomic mass is 9.58. The van der Waals surface area contributed by atoms with Crippen LogP contribution in [0.2, 0.25) is 0 Å². The van der Waals surface area contributed by atoms with E-state index in [-0.39, 0.29) is 47.9 Å². The number of hydrogen-bond acceptors (Lipinski definition) is 4. The van der Waals surface area contributed by atoms with Crippen molar-refractivity contribution in [1.82, 2.24) is 13.9 Å². The average molecular weight is 379 g/mol. The van der Waals surface area contributed by atoms with Crippen molar-refractivity contribution in [2.24, 2.45) is 11.8 Å². The quantitative estimate of drug-likeness (QED) is 0.601. The Bertz CT molecular complexity index is 1150. The van der Waals surface area contributed by atoms with E-state index < -0.39 is 0 Å². The van der Waals surface area contributed by atoms with Gasteiger partial charge in [0, 0.05) is 18.8 Å². The Morgan fingerprint density at radius 2 is 1.54 bits per heavy atom. The molecule has 0 N–H and O–H groups in total. The van der Waals surface area contributed by atoms with Crippen LogP contribution in [-0.2, 0) is 9.53 Å². The number of hydrogen-bond donors (Lipinski definition) is 0. The molecule has 4 aliphatic rings. The van der Waals surface area contributed by atoms with E-state index in [0.29, 0.717) is 5.69 Å². The molecule has 0 unspecified atom stereocenters. The maximum absolute atomic E-state index is 13.2. The summed E-state index contributed by atoms with van der Waals surface area (Å²) in [5.74, 6) is -0.0467. The minimum atomic E-state index is -0.328. The molecule has 2 aliphatic carbocycles. The van der Waals surface area contributed by atoms with Gasteiger partial charge in [-0.3, -0.25) is 4.79 Å². The maximum atomic E-state index is 13.2. The van der Waals surface area contributed by atoms with Crippen LogP contribution in [0.3, 0.4) is 0 Å². The molecule has 0 fully saturated rings. The van der Waals surface area contributed by atoms with Gasteiger partial charge in [-0.25, -0.2) is 23.5 Å². The van der Waals surface area contributed by atoms with E-state index in [2.05, 4.69) is 6.92 Å². The monoisotopic (exact) mass is 379 g/mol. The zero-order chi connectivity index (χ0) is 19.6. The van der Waals surface area contributed by atoms with E-state index in [4.69, 9.17) is 4.74 Å². The minimum absolute atomic E-state index is 0.0908. The number of allylic oxidation sites excluding steroid dienone is 3. The summed E-state index contributed by atoms with van der Waals surface area (Å²) in [7, 11) is 0. The Morgan fingerprint density at radius 1 is 0.964 bits per heavy atom. The van der Waals surface area contributed by atoms with Gasteiger partial charge in [-0.05, 0) is 24.1 Å². The Balaban J connectivity index is 1.64. The molecule has 28 heavy (non-hydrogen) atoms. The van der Waals surface area contributed by atoms with Crippen molar-refractivity contribution in [3.8, 4) is 5.69 Å². The van der Waals surface area contributed by atoms with Gasteiger partial charge in [0.15, 0.2) is 0 Å². The number of para-hydroxylation sites is 1. The second-order valence-electron chi connectivity index (χ2n) is 7.53. The number of nitrogens with zero attached hydrogens (tertiary/aromatic N) is 3. The molecule has 6 rings (SSSR count). The average Bonchev–Trinajstić information content (AvgIpc) is 2.95. The molecule has 1 aromatic carbocycles. The molecule has 144 valence electrons. The summed E-state index contributed by atoms with van der Waals surface area (Å²) >= 11 is 0. The summed E-state index contributed by atoms with van der Waals surface area (Å²) in [5, 5.41) is 0. The first-order valence-electron chi connectivity index (χ1n) is 9.59. The van der Waals surface area contributed by atoms with Crippen LogP contribution in [-0.4, -0.2) is 26.5 Å². The minimum Gasteiger partial charge on any atom is -0.461 e. The fourth-order valence-corrected chi connectivity index (χ4v) is 5.18. The van der Waals surface area contributed by atoms with Crippen LogP contribution >= 0.6 is 0 Å². The highest BCUT2D eigenvalue weighted by Crippen LogP contribution is 2.58. The molecule has 0 spiro atoms. The van der Waals surface area contributed by atoms with E-state index in [1.807, 2.05) is 30.4 Å². The van der Waals surface area contributed by atoms with Crippen LogP contribution in [0.15, 0.2) is 63.2 Å². The lowest BCUT2D eigenvalue weighted by molar-refractivity contribution is -0.140. The first-order valence-corrected chi connectivity index (χ1v) is 9.59. The number of aromatic nitrogens is 3. The van der Waals surface area contributed by atoms with Crippen molar-refractivity contribution in [2.45, 2.75) is 32.4 Å². The second-order valence-corrected chi connectivity index (χ2v) is 7.53. The summed E-state index contributed by atoms with van der Waals surface area (Å²) in [6.45, 7) is 3.74. The fourth-order valence-electron chi connectivity index (χ4n) is 5.18. The van der Waals surface area contributed by atoms with Crippen molar-refractivity contribution in [2.75, 3.05) is 6.61 Å². The van der Waals surface area contributed by atoms with Crippen LogP contribution in [0.4, 0.5) is 0 Å². The number of ether oxygens (including phenoxy) is 1. The molecule has 0 radical (unpaired) electrons. The van der Waals surface area contributed by atoms with E-state index in [1.54, 1.807) is 21.5 Å². The third kappa shape index (κ3) is 2.07. The molecule has 4 atom stereocenters. The molecular formula is C21H21N3O4. The highest BCUT2D eigenvalue weighted by atomic mass is 16.5. The number of carbonyl (C=O) groups is 1. The van der Waals surface area contributed by atoms with Gasteiger partial charge in [-0.15, -0.1) is 0 Å². The first-order chi connectivity index (χ1) is 13.5. The van der Waals surface area contributed by atoms with E-state index in [9.17, 15) is 14.4 Å². The second kappa shape index (κ2) is 5.95. The van der Waals surface area contributed by atoms with E-state index in [0.717, 1.165) is 12.0 Å². The van der Waals surface area contributed by atoms with Crippen molar-refractivity contribution >= 4 is 5.97 Å². The highest BCUT2D eigenvalue weighted by molar-refractivity contribution is 5.66. The van der Waals surface area contributed by atoms with E-state index >= 15 is 0 Å². The SMILES string of the molecule is CCC1=C(COC(C)=O)[C@@H]2[C@H]1[C@@H]1C=C[C@H]2n2c(=O)n(-c3ccccc3)c(=O)n21. The fraction of sp³-hybridized carbons (Fsp3) is 0.381. The Hall–Kier alpha value is -3.09. The summed E-state index contributed by atoms with van der Waals surface area (Å²) in [4.78, 5) is 37.7. The van der Waals surface area contributed by atoms with Gasteiger partial charge in [0.05, 0.1) is 17.8 Å². The zero-order valence-electron chi connectivity index (χ0n) is 15.7. The number of benzene rings is 1. The topological polar surface area (TPSA) is 75.2 Å². The summed E-state index contributed by atoms with van der Waals surface area (Å²) in [6.07, 6.45) is 4.90. The van der Waals surface area contributed by atoms with Crippen molar-refractivity contribution in [1.29, 1.82) is 0 Å². The van der Waals surface area contributed by atoms with Gasteiger partial charge in [-0.1, -0.05) is 42.8 Å². The van der Waals surface area contributed by atoms with Crippen LogP contribution in [0.25, 0.3) is 5.69 Å². The smallest absolute Gasteiger partial charge is 0.352 e. The van der Waals surface area contributed by atoms with Gasteiger partial charge in [-0.2, -0.15) is 0 Å². The van der Waals surface area contributed by atoms with Crippen LogP contribution < -0.4 is 11.4 Å². The lowest BCUT2D eigenvalue weighted by Gasteiger charge is -2.54. The molecule has 3 heterocycles. The Kier molecular flexibility index (Phi) is 3.62. The molecule has 2 aliphatic heterocycles. The Labute approximate surface area is 161 Å².